The molecule has 0 fully saturated rings. The molecule has 214 valence electrons. The van der Waals surface area contributed by atoms with Crippen molar-refractivity contribution in [1.29, 1.82) is 0 Å². The molecule has 1 aromatic heterocycles. The van der Waals surface area contributed by atoms with Gasteiger partial charge in [-0.05, 0) is 54.3 Å². The fourth-order valence-corrected chi connectivity index (χ4v) is 5.58. The molecular weight excluding hydrogens is 540 g/mol. The van der Waals surface area contributed by atoms with Crippen molar-refractivity contribution in [3.63, 3.8) is 0 Å². The minimum atomic E-state index is -4.15. The van der Waals surface area contributed by atoms with Crippen LogP contribution in [0.2, 0.25) is 0 Å². The van der Waals surface area contributed by atoms with Gasteiger partial charge in [0.1, 0.15) is 12.4 Å². The maximum Gasteiger partial charge on any atom is 0.404 e. The average Bonchev–Trinajstić information content (AvgIpc) is 2.92. The number of hydrogen-bond donors (Lipinski definition) is 3. The number of non-ortho nitro benzene ring substituents is 1. The van der Waals surface area contributed by atoms with Gasteiger partial charge in [0, 0.05) is 31.4 Å². The predicted octanol–water partition coefficient (Wildman–Crippen LogP) is 3.46. The predicted molar refractivity (Wildman–Crippen MR) is 146 cm³/mol. The van der Waals surface area contributed by atoms with Crippen molar-refractivity contribution < 1.29 is 33.1 Å². The number of benzene rings is 2. The van der Waals surface area contributed by atoms with E-state index in [1.807, 2.05) is 12.1 Å². The fraction of sp³-hybridized carbons (Fsp3) is 0.333. The minimum Gasteiger partial charge on any atom is -0.487 e. The molecule has 0 bridgehead atoms. The molecule has 3 N–H and O–H groups in total. The maximum absolute atomic E-state index is 13.4. The Morgan fingerprint density at radius 1 is 1.07 bits per heavy atom. The Morgan fingerprint density at radius 2 is 1.75 bits per heavy atom. The number of sulfonamides is 1. The first kappa shape index (κ1) is 30.5. The number of ether oxygens (including phenoxy) is 1. The summed E-state index contributed by atoms with van der Waals surface area (Å²) in [5, 5.41) is 33.7. The Morgan fingerprint density at radius 3 is 2.30 bits per heavy atom. The molecule has 0 aliphatic rings. The second kappa shape index (κ2) is 13.8. The lowest BCUT2D eigenvalue weighted by atomic mass is 10.0. The molecule has 0 aliphatic carbocycles. The molecule has 3 rings (SSSR count). The Hall–Kier alpha value is -4.07. The van der Waals surface area contributed by atoms with Crippen LogP contribution in [-0.2, 0) is 23.1 Å². The number of hydrogen-bond acceptors (Lipinski definition) is 8. The maximum atomic E-state index is 13.4. The van der Waals surface area contributed by atoms with E-state index in [0.29, 0.717) is 11.3 Å². The molecule has 0 saturated carbocycles. The highest BCUT2D eigenvalue weighted by Crippen LogP contribution is 2.22. The SMILES string of the molecule is CC(C)CN(C[C@@H](O)[C@H](Cc1ccc(OCc2ccccn2)cc1)NC(=O)O)S(=O)(=O)c1ccc([N+](=O)[O-])cc1. The number of aliphatic hydroxyl groups is 1. The number of amides is 1. The number of nitro benzene ring substituents is 1. The zero-order valence-corrected chi connectivity index (χ0v) is 22.9. The standard InChI is InChI=1S/C27H32N4O8S/c1-19(2)16-30(40(37,38)24-12-8-22(9-13-24)31(35)36)17-26(32)25(29-27(33)34)15-20-6-10-23(11-7-20)39-18-21-5-3-4-14-28-21/h3-14,19,25-26,29,32H,15-18H2,1-2H3,(H,33,34)/t25-,26+/m0/s1. The van der Waals surface area contributed by atoms with E-state index in [1.165, 1.54) is 0 Å². The third-order valence-electron chi connectivity index (χ3n) is 5.91. The average molecular weight is 573 g/mol. The van der Waals surface area contributed by atoms with E-state index < -0.39 is 39.7 Å². The van der Waals surface area contributed by atoms with Crippen LogP contribution in [0, 0.1) is 16.0 Å². The third-order valence-corrected chi connectivity index (χ3v) is 7.76. The van der Waals surface area contributed by atoms with Crippen molar-refractivity contribution in [2.24, 2.45) is 5.92 Å². The number of nitro groups is 1. The van der Waals surface area contributed by atoms with Gasteiger partial charge in [0.25, 0.3) is 5.69 Å². The summed E-state index contributed by atoms with van der Waals surface area (Å²) >= 11 is 0. The summed E-state index contributed by atoms with van der Waals surface area (Å²) in [4.78, 5) is 25.9. The number of pyridine rings is 1. The Labute approximate surface area is 232 Å². The molecule has 2 atom stereocenters. The normalized spacial score (nSPS) is 13.1. The van der Waals surface area contributed by atoms with Crippen LogP contribution in [0.15, 0.2) is 77.8 Å². The van der Waals surface area contributed by atoms with Crippen LogP contribution in [0.4, 0.5) is 10.5 Å². The zero-order valence-electron chi connectivity index (χ0n) is 22.1. The second-order valence-electron chi connectivity index (χ2n) is 9.55. The van der Waals surface area contributed by atoms with Gasteiger partial charge < -0.3 is 20.3 Å². The molecule has 3 aromatic rings. The van der Waals surface area contributed by atoms with E-state index in [9.17, 15) is 33.5 Å². The molecule has 0 radical (unpaired) electrons. The summed E-state index contributed by atoms with van der Waals surface area (Å²) in [6.45, 7) is 3.52. The summed E-state index contributed by atoms with van der Waals surface area (Å²) in [6.07, 6.45) is -1.01. The molecule has 0 saturated heterocycles. The smallest absolute Gasteiger partial charge is 0.404 e. The van der Waals surface area contributed by atoms with E-state index >= 15 is 0 Å². The first-order chi connectivity index (χ1) is 19.0. The number of nitrogens with one attached hydrogen (secondary N) is 1. The Kier molecular flexibility index (Phi) is 10.5. The van der Waals surface area contributed by atoms with Crippen molar-refractivity contribution in [3.8, 4) is 5.75 Å². The van der Waals surface area contributed by atoms with Gasteiger partial charge in [-0.3, -0.25) is 15.1 Å². The van der Waals surface area contributed by atoms with Crippen molar-refractivity contribution in [2.45, 2.75) is 43.9 Å². The van der Waals surface area contributed by atoms with Crippen molar-refractivity contribution in [3.05, 3.63) is 94.3 Å². The summed E-state index contributed by atoms with van der Waals surface area (Å²) < 4.78 is 33.5. The van der Waals surface area contributed by atoms with E-state index in [2.05, 4.69) is 10.3 Å². The summed E-state index contributed by atoms with van der Waals surface area (Å²) in [6, 6.07) is 15.8. The highest BCUT2D eigenvalue weighted by Gasteiger charge is 2.31. The van der Waals surface area contributed by atoms with Crippen LogP contribution < -0.4 is 10.1 Å². The zero-order chi connectivity index (χ0) is 29.3. The van der Waals surface area contributed by atoms with Crippen molar-refractivity contribution >= 4 is 21.8 Å². The van der Waals surface area contributed by atoms with Crippen LogP contribution >= 0.6 is 0 Å². The first-order valence-electron chi connectivity index (χ1n) is 12.5. The molecular formula is C27H32N4O8S. The molecule has 13 heteroatoms. The Balaban J connectivity index is 1.74. The second-order valence-corrected chi connectivity index (χ2v) is 11.5. The summed E-state index contributed by atoms with van der Waals surface area (Å²) in [7, 11) is -4.15. The number of aromatic nitrogens is 1. The van der Waals surface area contributed by atoms with Gasteiger partial charge in [-0.1, -0.05) is 32.0 Å². The number of carboxylic acid groups (broad SMARTS) is 1. The molecule has 1 amide bonds. The van der Waals surface area contributed by atoms with Crippen molar-refractivity contribution in [1.82, 2.24) is 14.6 Å². The van der Waals surface area contributed by atoms with Gasteiger partial charge in [-0.25, -0.2) is 13.2 Å². The van der Waals surface area contributed by atoms with Gasteiger partial charge in [-0.2, -0.15) is 4.31 Å². The number of carbonyl (C=O) groups is 1. The lowest BCUT2D eigenvalue weighted by Gasteiger charge is -2.30. The van der Waals surface area contributed by atoms with Crippen molar-refractivity contribution in [2.75, 3.05) is 13.1 Å². The van der Waals surface area contributed by atoms with E-state index in [4.69, 9.17) is 4.74 Å². The number of nitrogens with zero attached hydrogens (tertiary/aromatic N) is 3. The molecule has 0 spiro atoms. The van der Waals surface area contributed by atoms with Gasteiger partial charge in [0.05, 0.1) is 27.7 Å². The van der Waals surface area contributed by atoms with E-state index in [0.717, 1.165) is 34.3 Å². The van der Waals surface area contributed by atoms with E-state index in [1.54, 1.807) is 50.4 Å². The van der Waals surface area contributed by atoms with Crippen LogP contribution in [0.25, 0.3) is 0 Å². The monoisotopic (exact) mass is 572 g/mol. The van der Waals surface area contributed by atoms with E-state index in [-0.39, 0.29) is 36.1 Å². The summed E-state index contributed by atoms with van der Waals surface area (Å²) in [5.74, 6) is 0.458. The highest BCUT2D eigenvalue weighted by atomic mass is 32.2. The van der Waals surface area contributed by atoms with Crippen LogP contribution in [0.5, 0.6) is 5.75 Å². The number of rotatable bonds is 14. The lowest BCUT2D eigenvalue weighted by molar-refractivity contribution is -0.384. The fourth-order valence-electron chi connectivity index (χ4n) is 3.96. The van der Waals surface area contributed by atoms with Gasteiger partial charge in [-0.15, -0.1) is 0 Å². The molecule has 12 nitrogen and oxygen atoms in total. The largest absolute Gasteiger partial charge is 0.487 e. The molecule has 1 heterocycles. The highest BCUT2D eigenvalue weighted by molar-refractivity contribution is 7.89. The number of aliphatic hydroxyl groups excluding tert-OH is 1. The molecule has 0 unspecified atom stereocenters. The molecule has 2 aromatic carbocycles. The quantitative estimate of drug-likeness (QED) is 0.193. The lowest BCUT2D eigenvalue weighted by Crippen LogP contribution is -2.50. The first-order valence-corrected chi connectivity index (χ1v) is 13.9. The van der Waals surface area contributed by atoms with Gasteiger partial charge in [0.2, 0.25) is 10.0 Å². The van der Waals surface area contributed by atoms with Gasteiger partial charge in [0.15, 0.2) is 0 Å². The van der Waals surface area contributed by atoms with Crippen LogP contribution in [0.3, 0.4) is 0 Å². The summed E-state index contributed by atoms with van der Waals surface area (Å²) in [5.41, 5.74) is 1.19. The molecule has 0 aliphatic heterocycles. The van der Waals surface area contributed by atoms with Gasteiger partial charge >= 0.3 is 6.09 Å². The minimum absolute atomic E-state index is 0.0402. The molecule has 40 heavy (non-hydrogen) atoms. The van der Waals surface area contributed by atoms with Crippen LogP contribution in [-0.4, -0.2) is 64.2 Å². The Bertz CT molecular complexity index is 1370. The topological polar surface area (TPSA) is 172 Å². The third kappa shape index (κ3) is 8.73. The van der Waals surface area contributed by atoms with Crippen LogP contribution in [0.1, 0.15) is 25.1 Å².